The van der Waals surface area contributed by atoms with Gasteiger partial charge >= 0.3 is 0 Å². The lowest BCUT2D eigenvalue weighted by Gasteiger charge is -2.36. The second kappa shape index (κ2) is 12.7. The molecule has 0 amide bonds. The van der Waals surface area contributed by atoms with Gasteiger partial charge in [0.05, 0.1) is 33.1 Å². The summed E-state index contributed by atoms with van der Waals surface area (Å²) in [5.74, 6) is 0.597. The maximum atomic E-state index is 2.47. The fraction of sp³-hybridized carbons (Fsp3) is 0.208. The summed E-state index contributed by atoms with van der Waals surface area (Å²) >= 11 is 0. The lowest BCUT2D eigenvalue weighted by molar-refractivity contribution is 0.164. The first-order valence-electron chi connectivity index (χ1n) is 20.2. The molecule has 3 heteroatoms. The molecule has 0 saturated carbocycles. The summed E-state index contributed by atoms with van der Waals surface area (Å²) in [5.41, 5.74) is 12.7. The molecule has 0 aliphatic heterocycles. The monoisotopic (exact) mass is 727 g/mol. The number of aromatic nitrogens is 3. The molecule has 3 heterocycles. The minimum Gasteiger partial charge on any atom is -0.309 e. The summed E-state index contributed by atoms with van der Waals surface area (Å²) in [6, 6.07) is 58.7. The Labute approximate surface area is 329 Å². The van der Waals surface area contributed by atoms with E-state index >= 15 is 0 Å². The predicted octanol–water partition coefficient (Wildman–Crippen LogP) is 14.6. The standard InChI is InChI=1S/C53H49N3/c1-52(2,3)34-36(53(4,5)6)31-35-23-25-37(26-24-35)54-50-29-27-38(55-46-19-11-7-15-40(46)41-16-8-12-20-47(41)55)32-44(50)45-33-39(28-30-51(45)54)56-48-21-13-9-17-42(48)43-18-10-14-22-49(43)56/h7-30,32-33,36H,31,34H2,1-6H3. The molecule has 10 aromatic rings. The van der Waals surface area contributed by atoms with Crippen LogP contribution in [0.15, 0.2) is 158 Å². The molecule has 0 fully saturated rings. The average molecular weight is 728 g/mol. The summed E-state index contributed by atoms with van der Waals surface area (Å²) in [6.07, 6.45) is 2.28. The summed E-state index contributed by atoms with van der Waals surface area (Å²) in [7, 11) is 0. The van der Waals surface area contributed by atoms with E-state index in [-0.39, 0.29) is 10.8 Å². The van der Waals surface area contributed by atoms with E-state index in [9.17, 15) is 0 Å². The molecule has 276 valence electrons. The van der Waals surface area contributed by atoms with Gasteiger partial charge in [0.1, 0.15) is 0 Å². The van der Waals surface area contributed by atoms with Crippen LogP contribution < -0.4 is 0 Å². The molecule has 0 radical (unpaired) electrons. The third kappa shape index (κ3) is 5.63. The topological polar surface area (TPSA) is 14.8 Å². The number of hydrogen-bond acceptors (Lipinski definition) is 0. The van der Waals surface area contributed by atoms with Crippen molar-refractivity contribution in [2.45, 2.75) is 54.4 Å². The molecule has 3 nitrogen and oxygen atoms in total. The number of benzene rings is 7. The summed E-state index contributed by atoms with van der Waals surface area (Å²) < 4.78 is 7.33. The van der Waals surface area contributed by atoms with Gasteiger partial charge in [-0.3, -0.25) is 0 Å². The van der Waals surface area contributed by atoms with Crippen molar-refractivity contribution in [3.05, 3.63) is 163 Å². The van der Waals surface area contributed by atoms with Gasteiger partial charge in [-0.15, -0.1) is 0 Å². The van der Waals surface area contributed by atoms with Crippen molar-refractivity contribution in [2.75, 3.05) is 0 Å². The maximum Gasteiger partial charge on any atom is 0.0542 e. The van der Waals surface area contributed by atoms with Crippen LogP contribution in [0.3, 0.4) is 0 Å². The van der Waals surface area contributed by atoms with Crippen LogP contribution in [0.4, 0.5) is 0 Å². The van der Waals surface area contributed by atoms with Crippen LogP contribution in [0.2, 0.25) is 0 Å². The highest BCUT2D eigenvalue weighted by molar-refractivity contribution is 6.14. The minimum atomic E-state index is 0.237. The summed E-state index contributed by atoms with van der Waals surface area (Å²) in [5, 5.41) is 7.57. The fourth-order valence-corrected chi connectivity index (χ4v) is 9.45. The summed E-state index contributed by atoms with van der Waals surface area (Å²) in [4.78, 5) is 0. The Kier molecular flexibility index (Phi) is 7.84. The molecule has 3 aromatic heterocycles. The zero-order valence-electron chi connectivity index (χ0n) is 33.3. The van der Waals surface area contributed by atoms with E-state index < -0.39 is 0 Å². The van der Waals surface area contributed by atoms with Crippen molar-refractivity contribution in [1.29, 1.82) is 0 Å². The Morgan fingerprint density at radius 3 is 1.09 bits per heavy atom. The van der Waals surface area contributed by atoms with Gasteiger partial charge in [-0.1, -0.05) is 126 Å². The Morgan fingerprint density at radius 1 is 0.375 bits per heavy atom. The van der Waals surface area contributed by atoms with E-state index in [1.807, 2.05) is 0 Å². The number of para-hydroxylation sites is 4. The number of fused-ring (bicyclic) bond motifs is 9. The lowest BCUT2D eigenvalue weighted by Crippen LogP contribution is -2.27. The van der Waals surface area contributed by atoms with Crippen molar-refractivity contribution >= 4 is 65.4 Å². The van der Waals surface area contributed by atoms with Crippen LogP contribution in [0.5, 0.6) is 0 Å². The van der Waals surface area contributed by atoms with Gasteiger partial charge in [-0.25, -0.2) is 0 Å². The molecule has 0 aliphatic rings. The van der Waals surface area contributed by atoms with Crippen LogP contribution >= 0.6 is 0 Å². The quantitative estimate of drug-likeness (QED) is 0.162. The smallest absolute Gasteiger partial charge is 0.0542 e. The molecule has 0 N–H and O–H groups in total. The molecule has 0 aliphatic carbocycles. The van der Waals surface area contributed by atoms with E-state index in [4.69, 9.17) is 0 Å². The van der Waals surface area contributed by atoms with E-state index in [1.165, 1.54) is 94.5 Å². The Hall–Kier alpha value is -6.06. The molecule has 1 unspecified atom stereocenters. The highest BCUT2D eigenvalue weighted by Gasteiger charge is 2.29. The van der Waals surface area contributed by atoms with Crippen molar-refractivity contribution in [1.82, 2.24) is 13.7 Å². The second-order valence-electron chi connectivity index (χ2n) is 18.2. The second-order valence-corrected chi connectivity index (χ2v) is 18.2. The van der Waals surface area contributed by atoms with Crippen molar-refractivity contribution in [3.8, 4) is 17.1 Å². The molecular weight excluding hydrogens is 679 g/mol. The fourth-order valence-electron chi connectivity index (χ4n) is 9.45. The van der Waals surface area contributed by atoms with Gasteiger partial charge in [-0.2, -0.15) is 0 Å². The van der Waals surface area contributed by atoms with Crippen LogP contribution in [0.1, 0.15) is 53.5 Å². The minimum absolute atomic E-state index is 0.237. The first kappa shape index (κ1) is 34.4. The normalized spacial score (nSPS) is 13.2. The number of rotatable bonds is 6. The highest BCUT2D eigenvalue weighted by atomic mass is 15.0. The molecule has 10 rings (SSSR count). The average Bonchev–Trinajstić information content (AvgIpc) is 3.82. The molecule has 0 saturated heterocycles. The van der Waals surface area contributed by atoms with E-state index in [0.29, 0.717) is 5.92 Å². The van der Waals surface area contributed by atoms with Gasteiger partial charge in [0.25, 0.3) is 0 Å². The zero-order chi connectivity index (χ0) is 38.3. The first-order valence-corrected chi connectivity index (χ1v) is 20.2. The molecule has 1 atom stereocenters. The summed E-state index contributed by atoms with van der Waals surface area (Å²) in [6.45, 7) is 14.3. The Balaban J connectivity index is 1.19. The van der Waals surface area contributed by atoms with Gasteiger partial charge in [0.2, 0.25) is 0 Å². The molecule has 56 heavy (non-hydrogen) atoms. The lowest BCUT2D eigenvalue weighted by atomic mass is 9.70. The zero-order valence-corrected chi connectivity index (χ0v) is 33.3. The SMILES string of the molecule is CC(C)(C)CC(Cc1ccc(-n2c3ccc(-n4c5ccccc5c5ccccc54)cc3c3cc(-n4c5ccccc5c5ccccc54)ccc32)cc1)C(C)(C)C. The van der Waals surface area contributed by atoms with Crippen LogP contribution in [0, 0.1) is 16.7 Å². The predicted molar refractivity (Wildman–Crippen MR) is 240 cm³/mol. The molecule has 0 spiro atoms. The Bertz CT molecular complexity index is 2820. The maximum absolute atomic E-state index is 2.47. The number of hydrogen-bond donors (Lipinski definition) is 0. The van der Waals surface area contributed by atoms with Crippen molar-refractivity contribution < 1.29 is 0 Å². The number of nitrogens with zero attached hydrogens (tertiary/aromatic N) is 3. The first-order chi connectivity index (χ1) is 27.0. The Morgan fingerprint density at radius 2 is 0.714 bits per heavy atom. The van der Waals surface area contributed by atoms with Crippen molar-refractivity contribution in [2.24, 2.45) is 16.7 Å². The molecule has 0 bridgehead atoms. The van der Waals surface area contributed by atoms with Crippen LogP contribution in [-0.2, 0) is 6.42 Å². The van der Waals surface area contributed by atoms with E-state index in [1.54, 1.807) is 0 Å². The molecular formula is C53H49N3. The van der Waals surface area contributed by atoms with Gasteiger partial charge in [0.15, 0.2) is 0 Å². The van der Waals surface area contributed by atoms with E-state index in [0.717, 1.165) is 6.42 Å². The van der Waals surface area contributed by atoms with Crippen LogP contribution in [-0.4, -0.2) is 13.7 Å². The molecule has 7 aromatic carbocycles. The van der Waals surface area contributed by atoms with E-state index in [2.05, 4.69) is 213 Å². The van der Waals surface area contributed by atoms with Crippen molar-refractivity contribution in [3.63, 3.8) is 0 Å². The van der Waals surface area contributed by atoms with Gasteiger partial charge < -0.3 is 13.7 Å². The van der Waals surface area contributed by atoms with Gasteiger partial charge in [-0.05, 0) is 108 Å². The third-order valence-corrected chi connectivity index (χ3v) is 12.2. The van der Waals surface area contributed by atoms with Crippen LogP contribution in [0.25, 0.3) is 82.5 Å². The van der Waals surface area contributed by atoms with Gasteiger partial charge in [0, 0.05) is 49.4 Å². The third-order valence-electron chi connectivity index (χ3n) is 12.2. The largest absolute Gasteiger partial charge is 0.309 e. The highest BCUT2D eigenvalue weighted by Crippen LogP contribution is 2.41.